The number of halogens is 2. The molecule has 3 aromatic rings. The molecule has 3 rings (SSSR count). The van der Waals surface area contributed by atoms with Crippen LogP contribution in [0.5, 0.6) is 5.75 Å². The molecule has 0 saturated carbocycles. The molecule has 7 nitrogen and oxygen atoms in total. The number of ether oxygens (including phenoxy) is 1. The molecule has 0 radical (unpaired) electrons. The third kappa shape index (κ3) is 5.39. The van der Waals surface area contributed by atoms with Gasteiger partial charge in [-0.2, -0.15) is 5.26 Å². The lowest BCUT2D eigenvalue weighted by Gasteiger charge is -2.14. The van der Waals surface area contributed by atoms with E-state index < -0.39 is 10.8 Å². The highest BCUT2D eigenvalue weighted by Gasteiger charge is 2.20. The maximum atomic E-state index is 12.7. The second-order valence-electron chi connectivity index (χ2n) is 6.31. The predicted octanol–water partition coefficient (Wildman–Crippen LogP) is 4.74. The summed E-state index contributed by atoms with van der Waals surface area (Å²) >= 11 is 13.0. The monoisotopic (exact) mass is 474 g/mol. The Hall–Kier alpha value is -2.99. The van der Waals surface area contributed by atoms with Crippen molar-refractivity contribution in [2.45, 2.75) is 17.3 Å². The highest BCUT2D eigenvalue weighted by Crippen LogP contribution is 2.30. The summed E-state index contributed by atoms with van der Waals surface area (Å²) in [7, 11) is 1.49. The van der Waals surface area contributed by atoms with Crippen molar-refractivity contribution >= 4 is 46.6 Å². The molecule has 0 spiro atoms. The second kappa shape index (κ2) is 9.88. The number of methoxy groups -OCH3 is 1. The van der Waals surface area contributed by atoms with E-state index in [1.165, 1.54) is 7.11 Å². The maximum Gasteiger partial charge on any atom is 0.270 e. The summed E-state index contributed by atoms with van der Waals surface area (Å²) in [6.45, 7) is 1.66. The zero-order valence-electron chi connectivity index (χ0n) is 16.4. The van der Waals surface area contributed by atoms with Crippen LogP contribution < -0.4 is 15.6 Å². The van der Waals surface area contributed by atoms with Crippen molar-refractivity contribution in [3.05, 3.63) is 68.4 Å². The van der Waals surface area contributed by atoms with Gasteiger partial charge >= 0.3 is 0 Å². The lowest BCUT2D eigenvalue weighted by atomic mass is 10.1. The lowest BCUT2D eigenvalue weighted by molar-refractivity contribution is -0.115. The predicted molar refractivity (Wildman–Crippen MR) is 122 cm³/mol. The fraction of sp³-hybridized carbons (Fsp3) is 0.143. The van der Waals surface area contributed by atoms with Gasteiger partial charge < -0.3 is 15.0 Å². The van der Waals surface area contributed by atoms with E-state index in [9.17, 15) is 14.9 Å². The average Bonchev–Trinajstić information content (AvgIpc) is 2.74. The van der Waals surface area contributed by atoms with Crippen LogP contribution in [-0.4, -0.2) is 28.2 Å². The van der Waals surface area contributed by atoms with E-state index in [-0.39, 0.29) is 22.3 Å². The highest BCUT2D eigenvalue weighted by molar-refractivity contribution is 8.00. The number of aromatic amines is 1. The topological polar surface area (TPSA) is 108 Å². The number of amides is 1. The third-order valence-electron chi connectivity index (χ3n) is 4.20. The molecule has 0 unspecified atom stereocenters. The SMILES string of the molecule is COc1ccc(Cl)cc1NC(=O)[C@H](C)Sc1nc(-c2ccc(Cl)cc2)c(C#N)c(=O)[nH]1. The van der Waals surface area contributed by atoms with E-state index in [0.29, 0.717) is 27.0 Å². The van der Waals surface area contributed by atoms with Gasteiger partial charge in [0.2, 0.25) is 5.91 Å². The maximum absolute atomic E-state index is 12.7. The van der Waals surface area contributed by atoms with Crippen LogP contribution >= 0.6 is 35.0 Å². The van der Waals surface area contributed by atoms with Gasteiger partial charge in [0.25, 0.3) is 5.56 Å². The Balaban J connectivity index is 1.86. The smallest absolute Gasteiger partial charge is 0.270 e. The van der Waals surface area contributed by atoms with E-state index in [2.05, 4.69) is 15.3 Å². The Morgan fingerprint density at radius 1 is 1.23 bits per heavy atom. The summed E-state index contributed by atoms with van der Waals surface area (Å²) in [5.74, 6) is 0.121. The quantitative estimate of drug-likeness (QED) is 0.394. The summed E-state index contributed by atoms with van der Waals surface area (Å²) in [6.07, 6.45) is 0. The summed E-state index contributed by atoms with van der Waals surface area (Å²) in [6, 6.07) is 13.4. The summed E-state index contributed by atoms with van der Waals surface area (Å²) in [4.78, 5) is 32.0. The summed E-state index contributed by atoms with van der Waals surface area (Å²) in [5.41, 5.74) is 0.501. The van der Waals surface area contributed by atoms with Crippen molar-refractivity contribution < 1.29 is 9.53 Å². The van der Waals surface area contributed by atoms with Crippen LogP contribution in [0.4, 0.5) is 5.69 Å². The average molecular weight is 475 g/mol. The molecule has 158 valence electrons. The molecule has 0 saturated heterocycles. The minimum absolute atomic E-state index is 0.118. The molecule has 2 aromatic carbocycles. The first-order chi connectivity index (χ1) is 14.8. The number of rotatable bonds is 6. The first kappa shape index (κ1) is 22.7. The molecular weight excluding hydrogens is 459 g/mol. The number of hydrogen-bond donors (Lipinski definition) is 2. The Bertz CT molecular complexity index is 1220. The summed E-state index contributed by atoms with van der Waals surface area (Å²) in [5, 5.41) is 12.7. The Labute approximate surface area is 192 Å². The van der Waals surface area contributed by atoms with Crippen LogP contribution in [0.1, 0.15) is 12.5 Å². The number of thioether (sulfide) groups is 1. The molecule has 1 atom stereocenters. The fourth-order valence-corrected chi connectivity index (χ4v) is 3.76. The molecular formula is C21H16Cl2N4O3S. The molecule has 31 heavy (non-hydrogen) atoms. The van der Waals surface area contributed by atoms with Crippen molar-refractivity contribution in [1.82, 2.24) is 9.97 Å². The summed E-state index contributed by atoms with van der Waals surface area (Å²) < 4.78 is 5.23. The van der Waals surface area contributed by atoms with Crippen LogP contribution in [0.15, 0.2) is 52.4 Å². The molecule has 0 fully saturated rings. The third-order valence-corrected chi connectivity index (χ3v) is 5.68. The van der Waals surface area contributed by atoms with Gasteiger partial charge in [-0.3, -0.25) is 9.59 Å². The fourth-order valence-electron chi connectivity index (χ4n) is 2.66. The van der Waals surface area contributed by atoms with Crippen molar-refractivity contribution in [3.63, 3.8) is 0 Å². The number of nitriles is 1. The molecule has 0 aliphatic carbocycles. The first-order valence-corrected chi connectivity index (χ1v) is 10.6. The normalized spacial score (nSPS) is 11.5. The van der Waals surface area contributed by atoms with Gasteiger partial charge in [0.15, 0.2) is 5.16 Å². The number of aromatic nitrogens is 2. The van der Waals surface area contributed by atoms with Gasteiger partial charge in [0, 0.05) is 15.6 Å². The molecule has 0 aliphatic rings. The second-order valence-corrected chi connectivity index (χ2v) is 8.51. The van der Waals surface area contributed by atoms with Crippen LogP contribution in [0.25, 0.3) is 11.3 Å². The largest absolute Gasteiger partial charge is 0.495 e. The van der Waals surface area contributed by atoms with Crippen molar-refractivity contribution in [2.75, 3.05) is 12.4 Å². The van der Waals surface area contributed by atoms with Gasteiger partial charge in [0.05, 0.1) is 23.7 Å². The lowest BCUT2D eigenvalue weighted by Crippen LogP contribution is -2.24. The zero-order chi connectivity index (χ0) is 22.5. The van der Waals surface area contributed by atoms with Gasteiger partial charge in [-0.25, -0.2) is 4.98 Å². The van der Waals surface area contributed by atoms with Gasteiger partial charge in [-0.1, -0.05) is 47.1 Å². The highest BCUT2D eigenvalue weighted by atomic mass is 35.5. The Morgan fingerprint density at radius 2 is 1.90 bits per heavy atom. The minimum Gasteiger partial charge on any atom is -0.495 e. The number of H-pyrrole nitrogens is 1. The molecule has 2 N–H and O–H groups in total. The number of nitrogens with zero attached hydrogens (tertiary/aromatic N) is 2. The van der Waals surface area contributed by atoms with Crippen molar-refractivity contribution in [2.24, 2.45) is 0 Å². The number of anilines is 1. The zero-order valence-corrected chi connectivity index (χ0v) is 18.7. The van der Waals surface area contributed by atoms with E-state index in [0.717, 1.165) is 11.8 Å². The van der Waals surface area contributed by atoms with Crippen LogP contribution in [0.2, 0.25) is 10.0 Å². The molecule has 0 bridgehead atoms. The number of carbonyl (C=O) groups is 1. The van der Waals surface area contributed by atoms with Gasteiger partial charge in [-0.15, -0.1) is 0 Å². The molecule has 0 aliphatic heterocycles. The Morgan fingerprint density at radius 3 is 2.55 bits per heavy atom. The number of benzene rings is 2. The molecule has 10 heteroatoms. The first-order valence-electron chi connectivity index (χ1n) is 8.93. The molecule has 1 aromatic heterocycles. The van der Waals surface area contributed by atoms with Crippen LogP contribution in [0.3, 0.4) is 0 Å². The van der Waals surface area contributed by atoms with Crippen molar-refractivity contribution in [1.29, 1.82) is 5.26 Å². The molecule has 1 heterocycles. The van der Waals surface area contributed by atoms with E-state index >= 15 is 0 Å². The molecule has 1 amide bonds. The van der Waals surface area contributed by atoms with E-state index in [1.54, 1.807) is 49.4 Å². The van der Waals surface area contributed by atoms with Crippen LogP contribution in [-0.2, 0) is 4.79 Å². The minimum atomic E-state index is -0.627. The van der Waals surface area contributed by atoms with E-state index in [4.69, 9.17) is 27.9 Å². The van der Waals surface area contributed by atoms with Crippen LogP contribution in [0, 0.1) is 11.3 Å². The number of nitrogens with one attached hydrogen (secondary N) is 2. The van der Waals surface area contributed by atoms with E-state index in [1.807, 2.05) is 6.07 Å². The number of carbonyl (C=O) groups excluding carboxylic acids is 1. The van der Waals surface area contributed by atoms with Gasteiger partial charge in [-0.05, 0) is 37.3 Å². The van der Waals surface area contributed by atoms with Crippen molar-refractivity contribution in [3.8, 4) is 23.1 Å². The standard InChI is InChI=1S/C21H16Cl2N4O3S/c1-11(19(28)25-16-9-14(23)7-8-17(16)30-2)31-21-26-18(15(10-24)20(29)27-21)12-3-5-13(22)6-4-12/h3-9,11H,1-2H3,(H,25,28)(H,26,27,29)/t11-/m0/s1. The Kier molecular flexibility index (Phi) is 7.23. The van der Waals surface area contributed by atoms with Gasteiger partial charge in [0.1, 0.15) is 17.4 Å². The number of hydrogen-bond acceptors (Lipinski definition) is 6.